The fraction of sp³-hybridized carbons (Fsp3) is 0.588. The van der Waals surface area contributed by atoms with E-state index in [1.807, 2.05) is 43.9 Å². The van der Waals surface area contributed by atoms with E-state index >= 15 is 0 Å². The summed E-state index contributed by atoms with van der Waals surface area (Å²) in [7, 11) is 0. The lowest BCUT2D eigenvalue weighted by molar-refractivity contribution is -0.140. The highest BCUT2D eigenvalue weighted by Gasteiger charge is 2.32. The monoisotopic (exact) mass is 305 g/mol. The van der Waals surface area contributed by atoms with Gasteiger partial charge in [-0.3, -0.25) is 4.79 Å². The van der Waals surface area contributed by atoms with Crippen molar-refractivity contribution < 1.29 is 9.53 Å². The van der Waals surface area contributed by atoms with Crippen molar-refractivity contribution in [3.8, 4) is 5.75 Å². The first-order valence-electron chi connectivity index (χ1n) is 7.96. The summed E-state index contributed by atoms with van der Waals surface area (Å²) in [5.74, 6) is 1.06. The number of benzene rings is 1. The maximum Gasteiger partial charge on any atom is 0.229 e. The number of piperazine rings is 1. The van der Waals surface area contributed by atoms with Crippen LogP contribution in [-0.4, -0.2) is 50.1 Å². The summed E-state index contributed by atoms with van der Waals surface area (Å²) >= 11 is 0. The summed E-state index contributed by atoms with van der Waals surface area (Å²) in [6.45, 7) is 9.91. The zero-order valence-electron chi connectivity index (χ0n) is 13.8. The van der Waals surface area contributed by atoms with Crippen LogP contribution < -0.4 is 15.4 Å². The molecule has 0 atom stereocenters. The normalized spacial score (nSPS) is 15.8. The van der Waals surface area contributed by atoms with Gasteiger partial charge in [-0.05, 0) is 32.9 Å². The number of hydrogen-bond acceptors (Lipinski definition) is 4. The molecule has 5 nitrogen and oxygen atoms in total. The van der Waals surface area contributed by atoms with Gasteiger partial charge in [0.2, 0.25) is 5.91 Å². The van der Waals surface area contributed by atoms with Crippen molar-refractivity contribution in [3.63, 3.8) is 0 Å². The van der Waals surface area contributed by atoms with Crippen molar-refractivity contribution in [2.75, 3.05) is 44.2 Å². The molecule has 0 aliphatic carbocycles. The number of carbonyl (C=O) groups is 1. The first kappa shape index (κ1) is 16.6. The molecular weight excluding hydrogens is 278 g/mol. The van der Waals surface area contributed by atoms with Crippen LogP contribution >= 0.6 is 0 Å². The lowest BCUT2D eigenvalue weighted by Gasteiger charge is -2.39. The molecule has 0 spiro atoms. The first-order valence-corrected chi connectivity index (χ1v) is 7.96. The van der Waals surface area contributed by atoms with Crippen molar-refractivity contribution in [1.29, 1.82) is 0 Å². The molecule has 1 heterocycles. The number of hydrogen-bond donors (Lipinski definition) is 1. The number of nitrogens with zero attached hydrogens (tertiary/aromatic N) is 2. The van der Waals surface area contributed by atoms with Gasteiger partial charge in [0.25, 0.3) is 0 Å². The Morgan fingerprint density at radius 3 is 2.45 bits per heavy atom. The van der Waals surface area contributed by atoms with Crippen molar-refractivity contribution in [2.24, 2.45) is 11.1 Å². The summed E-state index contributed by atoms with van der Waals surface area (Å²) in [6, 6.07) is 8.07. The smallest absolute Gasteiger partial charge is 0.229 e. The number of rotatable bonds is 5. The van der Waals surface area contributed by atoms with Crippen LogP contribution in [0.2, 0.25) is 0 Å². The van der Waals surface area contributed by atoms with Crippen molar-refractivity contribution in [3.05, 3.63) is 24.3 Å². The second kappa shape index (κ2) is 7.01. The van der Waals surface area contributed by atoms with Crippen LogP contribution in [0.3, 0.4) is 0 Å². The van der Waals surface area contributed by atoms with Gasteiger partial charge in [-0.1, -0.05) is 12.1 Å². The maximum absolute atomic E-state index is 12.5. The number of para-hydroxylation sites is 2. The number of amides is 1. The lowest BCUT2D eigenvalue weighted by Crippen LogP contribution is -2.53. The summed E-state index contributed by atoms with van der Waals surface area (Å²) in [6.07, 6.45) is 0. The van der Waals surface area contributed by atoms with Gasteiger partial charge in [0.1, 0.15) is 5.75 Å². The van der Waals surface area contributed by atoms with Gasteiger partial charge < -0.3 is 20.3 Å². The van der Waals surface area contributed by atoms with E-state index in [9.17, 15) is 4.79 Å². The zero-order chi connectivity index (χ0) is 16.2. The molecular formula is C17H27N3O2. The van der Waals surface area contributed by atoms with E-state index in [2.05, 4.69) is 11.0 Å². The van der Waals surface area contributed by atoms with E-state index in [4.69, 9.17) is 10.5 Å². The third-order valence-electron chi connectivity index (χ3n) is 4.16. The Morgan fingerprint density at radius 2 is 1.86 bits per heavy atom. The summed E-state index contributed by atoms with van der Waals surface area (Å²) in [4.78, 5) is 16.7. The summed E-state index contributed by atoms with van der Waals surface area (Å²) < 4.78 is 5.70. The second-order valence-corrected chi connectivity index (χ2v) is 6.27. The number of carbonyl (C=O) groups excluding carboxylic acids is 1. The molecule has 1 fully saturated rings. The predicted octanol–water partition coefficient (Wildman–Crippen LogP) is 1.72. The van der Waals surface area contributed by atoms with Gasteiger partial charge in [0, 0.05) is 32.7 Å². The molecule has 0 saturated carbocycles. The second-order valence-electron chi connectivity index (χ2n) is 6.27. The predicted molar refractivity (Wildman–Crippen MR) is 89.2 cm³/mol. The van der Waals surface area contributed by atoms with E-state index in [1.165, 1.54) is 0 Å². The molecule has 22 heavy (non-hydrogen) atoms. The quantitative estimate of drug-likeness (QED) is 0.900. The largest absolute Gasteiger partial charge is 0.492 e. The zero-order valence-corrected chi connectivity index (χ0v) is 13.8. The Hall–Kier alpha value is -1.75. The third kappa shape index (κ3) is 3.53. The molecule has 122 valence electrons. The van der Waals surface area contributed by atoms with Gasteiger partial charge >= 0.3 is 0 Å². The van der Waals surface area contributed by atoms with Crippen LogP contribution in [0, 0.1) is 5.41 Å². The fourth-order valence-electron chi connectivity index (χ4n) is 2.66. The number of nitrogens with two attached hydrogens (primary N) is 1. The number of anilines is 1. The maximum atomic E-state index is 12.5. The fourth-order valence-corrected chi connectivity index (χ4v) is 2.66. The molecule has 0 bridgehead atoms. The molecule has 2 rings (SSSR count). The standard InChI is InChI=1S/C17H27N3O2/c1-4-22-15-8-6-5-7-14(15)19-9-11-20(12-10-19)16(21)17(2,3)13-18/h5-8H,4,9-13,18H2,1-3H3. The lowest BCUT2D eigenvalue weighted by atomic mass is 9.91. The Bertz CT molecular complexity index is 508. The molecule has 1 aromatic carbocycles. The minimum atomic E-state index is -0.481. The van der Waals surface area contributed by atoms with Gasteiger partial charge in [-0.25, -0.2) is 0 Å². The molecule has 0 aromatic heterocycles. The highest BCUT2D eigenvalue weighted by Crippen LogP contribution is 2.29. The summed E-state index contributed by atoms with van der Waals surface area (Å²) in [5.41, 5.74) is 6.34. The van der Waals surface area contributed by atoms with E-state index in [0.29, 0.717) is 13.2 Å². The molecule has 1 aliphatic heterocycles. The molecule has 0 radical (unpaired) electrons. The Balaban J connectivity index is 2.02. The summed E-state index contributed by atoms with van der Waals surface area (Å²) in [5, 5.41) is 0. The van der Waals surface area contributed by atoms with Gasteiger partial charge in [0.15, 0.2) is 0 Å². The minimum Gasteiger partial charge on any atom is -0.492 e. The van der Waals surface area contributed by atoms with Gasteiger partial charge in [-0.2, -0.15) is 0 Å². The van der Waals surface area contributed by atoms with E-state index in [-0.39, 0.29) is 5.91 Å². The van der Waals surface area contributed by atoms with E-state index in [0.717, 1.165) is 37.6 Å². The molecule has 0 unspecified atom stereocenters. The van der Waals surface area contributed by atoms with Crippen LogP contribution in [0.25, 0.3) is 0 Å². The molecule has 1 aliphatic rings. The van der Waals surface area contributed by atoms with Crippen molar-refractivity contribution in [2.45, 2.75) is 20.8 Å². The van der Waals surface area contributed by atoms with Crippen molar-refractivity contribution >= 4 is 11.6 Å². The molecule has 2 N–H and O–H groups in total. The average Bonchev–Trinajstić information content (AvgIpc) is 2.55. The Kier molecular flexibility index (Phi) is 5.29. The minimum absolute atomic E-state index is 0.146. The van der Waals surface area contributed by atoms with Crippen LogP contribution in [0.15, 0.2) is 24.3 Å². The van der Waals surface area contributed by atoms with E-state index < -0.39 is 5.41 Å². The number of ether oxygens (including phenoxy) is 1. The first-order chi connectivity index (χ1) is 10.5. The Labute approximate surface area is 133 Å². The van der Waals surface area contributed by atoms with Crippen molar-refractivity contribution in [1.82, 2.24) is 4.90 Å². The van der Waals surface area contributed by atoms with Crippen LogP contribution in [-0.2, 0) is 4.79 Å². The van der Waals surface area contributed by atoms with Crippen LogP contribution in [0.4, 0.5) is 5.69 Å². The molecule has 1 aromatic rings. The molecule has 5 heteroatoms. The van der Waals surface area contributed by atoms with Gasteiger partial charge in [0.05, 0.1) is 17.7 Å². The average molecular weight is 305 g/mol. The molecule has 1 amide bonds. The van der Waals surface area contributed by atoms with Crippen LogP contribution in [0.1, 0.15) is 20.8 Å². The topological polar surface area (TPSA) is 58.8 Å². The van der Waals surface area contributed by atoms with Gasteiger partial charge in [-0.15, -0.1) is 0 Å². The highest BCUT2D eigenvalue weighted by atomic mass is 16.5. The highest BCUT2D eigenvalue weighted by molar-refractivity contribution is 5.82. The Morgan fingerprint density at radius 1 is 1.23 bits per heavy atom. The molecule has 1 saturated heterocycles. The third-order valence-corrected chi connectivity index (χ3v) is 4.16. The SMILES string of the molecule is CCOc1ccccc1N1CCN(C(=O)C(C)(C)CN)CC1. The van der Waals surface area contributed by atoms with E-state index in [1.54, 1.807) is 0 Å². The van der Waals surface area contributed by atoms with Crippen LogP contribution in [0.5, 0.6) is 5.75 Å².